The molecule has 0 radical (unpaired) electrons. The van der Waals surface area contributed by atoms with Gasteiger partial charge in [-0.1, -0.05) is 6.58 Å². The SMILES string of the molecule is C=C(C)C(=O)NOC(N)=O. The number of nitrogens with one attached hydrogen (secondary N) is 1. The molecule has 5 heteroatoms. The van der Waals surface area contributed by atoms with Crippen LogP contribution in [0, 0.1) is 0 Å². The number of carbonyl (C=O) groups excluding carboxylic acids is 2. The van der Waals surface area contributed by atoms with E-state index in [4.69, 9.17) is 0 Å². The van der Waals surface area contributed by atoms with Crippen molar-refractivity contribution < 1.29 is 14.4 Å². The molecule has 0 atom stereocenters. The molecule has 0 aromatic rings. The van der Waals surface area contributed by atoms with Crippen LogP contribution in [0.4, 0.5) is 4.79 Å². The highest BCUT2D eigenvalue weighted by molar-refractivity contribution is 5.91. The van der Waals surface area contributed by atoms with E-state index in [1.54, 1.807) is 5.48 Å². The number of amides is 2. The zero-order valence-electron chi connectivity index (χ0n) is 5.51. The van der Waals surface area contributed by atoms with Crippen LogP contribution in [0.25, 0.3) is 0 Å². The fourth-order valence-corrected chi connectivity index (χ4v) is 0.184. The summed E-state index contributed by atoms with van der Waals surface area (Å²) in [6.07, 6.45) is -1.06. The normalized spacial score (nSPS) is 8.10. The Kier molecular flexibility index (Phi) is 2.96. The number of hydrogen-bond donors (Lipinski definition) is 2. The molecule has 0 unspecified atom stereocenters. The van der Waals surface area contributed by atoms with Gasteiger partial charge in [0.25, 0.3) is 5.91 Å². The molecule has 0 heterocycles. The molecule has 0 aliphatic rings. The lowest BCUT2D eigenvalue weighted by Crippen LogP contribution is -2.30. The molecule has 10 heavy (non-hydrogen) atoms. The average molecular weight is 144 g/mol. The molecular weight excluding hydrogens is 136 g/mol. The Morgan fingerprint density at radius 3 is 2.40 bits per heavy atom. The molecule has 0 aromatic heterocycles. The molecular formula is C5H8N2O3. The van der Waals surface area contributed by atoms with Gasteiger partial charge in [-0.05, 0) is 6.92 Å². The van der Waals surface area contributed by atoms with Crippen LogP contribution in [0.3, 0.4) is 0 Å². The Morgan fingerprint density at radius 2 is 2.10 bits per heavy atom. The number of hydrogen-bond acceptors (Lipinski definition) is 3. The van der Waals surface area contributed by atoms with Crippen LogP contribution in [0.2, 0.25) is 0 Å². The molecule has 0 aliphatic heterocycles. The van der Waals surface area contributed by atoms with E-state index in [-0.39, 0.29) is 5.57 Å². The van der Waals surface area contributed by atoms with E-state index < -0.39 is 12.0 Å². The second-order valence-corrected chi connectivity index (χ2v) is 1.63. The maximum atomic E-state index is 10.5. The van der Waals surface area contributed by atoms with Crippen LogP contribution < -0.4 is 11.2 Å². The summed E-state index contributed by atoms with van der Waals surface area (Å²) >= 11 is 0. The van der Waals surface area contributed by atoms with Gasteiger partial charge in [0, 0.05) is 5.57 Å². The summed E-state index contributed by atoms with van der Waals surface area (Å²) in [4.78, 5) is 24.3. The molecule has 3 N–H and O–H groups in total. The Morgan fingerprint density at radius 1 is 1.60 bits per heavy atom. The Labute approximate surface area is 57.8 Å². The van der Waals surface area contributed by atoms with Crippen molar-refractivity contribution in [1.29, 1.82) is 0 Å². The first-order chi connectivity index (χ1) is 4.54. The van der Waals surface area contributed by atoms with E-state index in [1.165, 1.54) is 6.92 Å². The van der Waals surface area contributed by atoms with E-state index in [2.05, 4.69) is 17.2 Å². The van der Waals surface area contributed by atoms with Crippen LogP contribution in [0.5, 0.6) is 0 Å². The maximum absolute atomic E-state index is 10.5. The molecule has 2 amide bonds. The van der Waals surface area contributed by atoms with Gasteiger partial charge in [0.1, 0.15) is 0 Å². The lowest BCUT2D eigenvalue weighted by atomic mass is 10.3. The van der Waals surface area contributed by atoms with Gasteiger partial charge >= 0.3 is 6.09 Å². The molecule has 0 bridgehead atoms. The lowest BCUT2D eigenvalue weighted by molar-refractivity contribution is -0.125. The smallest absolute Gasteiger partial charge is 0.333 e. The summed E-state index contributed by atoms with van der Waals surface area (Å²) in [5.74, 6) is -0.571. The lowest BCUT2D eigenvalue weighted by Gasteiger charge is -2.00. The summed E-state index contributed by atoms with van der Waals surface area (Å²) in [7, 11) is 0. The molecule has 0 saturated heterocycles. The van der Waals surface area contributed by atoms with Gasteiger partial charge in [-0.25, -0.2) is 4.79 Å². The first-order valence-corrected chi connectivity index (χ1v) is 2.46. The fraction of sp³-hybridized carbons (Fsp3) is 0.200. The van der Waals surface area contributed by atoms with Gasteiger partial charge in [0.15, 0.2) is 0 Å². The van der Waals surface area contributed by atoms with Gasteiger partial charge in [0.2, 0.25) is 0 Å². The summed E-state index contributed by atoms with van der Waals surface area (Å²) in [5.41, 5.74) is 6.54. The summed E-state index contributed by atoms with van der Waals surface area (Å²) in [6, 6.07) is 0. The standard InChI is InChI=1S/C5H8N2O3/c1-3(2)4(8)7-10-5(6)9/h1H2,2H3,(H2,6,9)(H,7,8). The highest BCUT2D eigenvalue weighted by Crippen LogP contribution is 1.84. The molecule has 0 rings (SSSR count). The van der Waals surface area contributed by atoms with Crippen molar-refractivity contribution in [2.45, 2.75) is 6.92 Å². The molecule has 0 aliphatic carbocycles. The number of carbonyl (C=O) groups is 2. The van der Waals surface area contributed by atoms with E-state index in [1.807, 2.05) is 0 Å². The van der Waals surface area contributed by atoms with E-state index in [0.29, 0.717) is 0 Å². The van der Waals surface area contributed by atoms with Crippen LogP contribution >= 0.6 is 0 Å². The van der Waals surface area contributed by atoms with Crippen molar-refractivity contribution in [3.05, 3.63) is 12.2 Å². The third kappa shape index (κ3) is 3.48. The van der Waals surface area contributed by atoms with Crippen molar-refractivity contribution in [3.63, 3.8) is 0 Å². The fourth-order valence-electron chi connectivity index (χ4n) is 0.184. The van der Waals surface area contributed by atoms with Crippen LogP contribution in [-0.2, 0) is 9.63 Å². The van der Waals surface area contributed by atoms with Gasteiger partial charge in [0.05, 0.1) is 0 Å². The van der Waals surface area contributed by atoms with E-state index in [0.717, 1.165) is 0 Å². The van der Waals surface area contributed by atoms with Crippen molar-refractivity contribution in [3.8, 4) is 0 Å². The van der Waals surface area contributed by atoms with Crippen LogP contribution in [0.15, 0.2) is 12.2 Å². The van der Waals surface area contributed by atoms with Crippen molar-refractivity contribution in [2.24, 2.45) is 5.73 Å². The zero-order valence-corrected chi connectivity index (χ0v) is 5.51. The molecule has 56 valence electrons. The first-order valence-electron chi connectivity index (χ1n) is 2.46. The van der Waals surface area contributed by atoms with Crippen LogP contribution in [-0.4, -0.2) is 12.0 Å². The summed E-state index contributed by atoms with van der Waals surface area (Å²) in [6.45, 7) is 4.76. The maximum Gasteiger partial charge on any atom is 0.428 e. The highest BCUT2D eigenvalue weighted by Gasteiger charge is 2.01. The predicted octanol–water partition coefficient (Wildman–Crippen LogP) is -0.311. The monoisotopic (exact) mass is 144 g/mol. The number of hydroxylamine groups is 1. The second kappa shape index (κ2) is 3.49. The summed E-state index contributed by atoms with van der Waals surface area (Å²) < 4.78 is 0. The Balaban J connectivity index is 3.60. The van der Waals surface area contributed by atoms with E-state index >= 15 is 0 Å². The molecule has 0 spiro atoms. The van der Waals surface area contributed by atoms with Crippen molar-refractivity contribution in [1.82, 2.24) is 5.48 Å². The largest absolute Gasteiger partial charge is 0.428 e. The van der Waals surface area contributed by atoms with Crippen molar-refractivity contribution in [2.75, 3.05) is 0 Å². The average Bonchev–Trinajstić information content (AvgIpc) is 1.82. The van der Waals surface area contributed by atoms with E-state index in [9.17, 15) is 9.59 Å². The van der Waals surface area contributed by atoms with Crippen molar-refractivity contribution >= 4 is 12.0 Å². The molecule has 5 nitrogen and oxygen atoms in total. The number of nitrogens with two attached hydrogens (primary N) is 1. The minimum atomic E-state index is -1.06. The molecule has 0 saturated carbocycles. The minimum absolute atomic E-state index is 0.237. The molecule has 0 fully saturated rings. The molecule has 0 aromatic carbocycles. The highest BCUT2D eigenvalue weighted by atomic mass is 16.7. The number of primary amides is 1. The Bertz CT molecular complexity index is 176. The topological polar surface area (TPSA) is 81.4 Å². The first kappa shape index (κ1) is 8.48. The number of rotatable bonds is 1. The zero-order chi connectivity index (χ0) is 8.15. The van der Waals surface area contributed by atoms with Gasteiger partial charge in [-0.3, -0.25) is 4.79 Å². The van der Waals surface area contributed by atoms with Crippen LogP contribution in [0.1, 0.15) is 6.92 Å². The van der Waals surface area contributed by atoms with Gasteiger partial charge in [-0.2, -0.15) is 5.48 Å². The predicted molar refractivity (Wildman–Crippen MR) is 33.6 cm³/mol. The Hall–Kier alpha value is -1.52. The van der Waals surface area contributed by atoms with Gasteiger partial charge < -0.3 is 10.6 Å². The van der Waals surface area contributed by atoms with Gasteiger partial charge in [-0.15, -0.1) is 0 Å². The third-order valence-electron chi connectivity index (χ3n) is 0.632. The second-order valence-electron chi connectivity index (χ2n) is 1.63. The quantitative estimate of drug-likeness (QED) is 0.391. The summed E-state index contributed by atoms with van der Waals surface area (Å²) in [5, 5.41) is 0. The third-order valence-corrected chi connectivity index (χ3v) is 0.632. The minimum Gasteiger partial charge on any atom is -0.333 e.